The van der Waals surface area contributed by atoms with Crippen LogP contribution in [0.4, 0.5) is 10.1 Å². The van der Waals surface area contributed by atoms with Crippen molar-refractivity contribution in [2.24, 2.45) is 0 Å². The quantitative estimate of drug-likeness (QED) is 0.486. The lowest BCUT2D eigenvalue weighted by Crippen LogP contribution is -1.93. The highest BCUT2D eigenvalue weighted by atomic mass is 19.1. The predicted molar refractivity (Wildman–Crippen MR) is 96.1 cm³/mol. The third-order valence-electron chi connectivity index (χ3n) is 2.32. The van der Waals surface area contributed by atoms with Crippen molar-refractivity contribution in [2.75, 3.05) is 0 Å². The number of halogens is 1. The zero-order valence-electron chi connectivity index (χ0n) is 15.5. The van der Waals surface area contributed by atoms with Gasteiger partial charge in [0.2, 0.25) is 0 Å². The maximum absolute atomic E-state index is 13.6. The summed E-state index contributed by atoms with van der Waals surface area (Å²) in [7, 11) is 0. The van der Waals surface area contributed by atoms with Gasteiger partial charge in [-0.25, -0.2) is 4.39 Å². The fourth-order valence-electron chi connectivity index (χ4n) is 1.38. The van der Waals surface area contributed by atoms with Crippen molar-refractivity contribution in [2.45, 2.75) is 48.5 Å². The number of non-ortho nitro benzene ring substituents is 1. The van der Waals surface area contributed by atoms with Gasteiger partial charge in [-0.05, 0) is 19.1 Å². The molecule has 1 aromatic heterocycles. The van der Waals surface area contributed by atoms with Gasteiger partial charge in [-0.2, -0.15) is 0 Å². The van der Waals surface area contributed by atoms with Crippen LogP contribution in [-0.2, 0) is 0 Å². The molecule has 1 aromatic carbocycles. The number of ether oxygens (including phenoxy) is 1. The van der Waals surface area contributed by atoms with Crippen LogP contribution in [0, 0.1) is 22.9 Å². The van der Waals surface area contributed by atoms with E-state index in [9.17, 15) is 14.5 Å². The van der Waals surface area contributed by atoms with Gasteiger partial charge in [-0.1, -0.05) is 41.5 Å². The number of aryl methyl sites for hydroxylation is 1. The molecule has 0 N–H and O–H groups in total. The fraction of sp³-hybridized carbons (Fsp3) is 0.389. The molecule has 134 valence electrons. The van der Waals surface area contributed by atoms with E-state index in [4.69, 9.17) is 4.74 Å². The summed E-state index contributed by atoms with van der Waals surface area (Å²) in [6.45, 7) is 13.8. The molecular formula is C18H27FN2O3. The highest BCUT2D eigenvalue weighted by Crippen LogP contribution is 2.28. The van der Waals surface area contributed by atoms with Gasteiger partial charge in [0, 0.05) is 24.0 Å². The Morgan fingerprint density at radius 1 is 1.04 bits per heavy atom. The Morgan fingerprint density at radius 2 is 1.62 bits per heavy atom. The molecule has 0 bridgehead atoms. The summed E-state index contributed by atoms with van der Waals surface area (Å²) in [5.74, 6) is -0.381. The van der Waals surface area contributed by atoms with E-state index in [-0.39, 0.29) is 11.4 Å². The maximum atomic E-state index is 13.6. The first kappa shape index (κ1) is 23.8. The van der Waals surface area contributed by atoms with Crippen molar-refractivity contribution in [3.63, 3.8) is 0 Å². The van der Waals surface area contributed by atoms with Crippen molar-refractivity contribution in [1.82, 2.24) is 4.98 Å². The van der Waals surface area contributed by atoms with Crippen molar-refractivity contribution < 1.29 is 14.1 Å². The maximum Gasteiger partial charge on any atom is 0.272 e. The Bertz CT molecular complexity index is 605. The molecule has 0 aliphatic rings. The topological polar surface area (TPSA) is 65.3 Å². The van der Waals surface area contributed by atoms with Gasteiger partial charge < -0.3 is 4.74 Å². The van der Waals surface area contributed by atoms with Crippen molar-refractivity contribution in [1.29, 1.82) is 0 Å². The molecule has 24 heavy (non-hydrogen) atoms. The first-order chi connectivity index (χ1) is 11.6. The minimum atomic E-state index is -0.777. The lowest BCUT2D eigenvalue weighted by atomic mass is 10.2. The molecule has 0 saturated heterocycles. The SMILES string of the molecule is CC.CC.CC.Cc1cnccc1Oc1ccc([N+](=O)[O-])cc1F. The summed E-state index contributed by atoms with van der Waals surface area (Å²) in [6.07, 6.45) is 3.10. The van der Waals surface area contributed by atoms with Crippen LogP contribution in [0.3, 0.4) is 0 Å². The zero-order valence-corrected chi connectivity index (χ0v) is 15.5. The average Bonchev–Trinajstić information content (AvgIpc) is 2.63. The normalized spacial score (nSPS) is 8.33. The average molecular weight is 338 g/mol. The van der Waals surface area contributed by atoms with Gasteiger partial charge in [0.05, 0.1) is 11.0 Å². The standard InChI is InChI=1S/C12H9FN2O3.3C2H6/c1-8-7-14-5-4-11(8)18-12-3-2-9(15(16)17)6-10(12)13;3*1-2/h2-7H,1H3;3*1-2H3. The molecule has 0 atom stereocenters. The van der Waals surface area contributed by atoms with E-state index in [0.29, 0.717) is 5.75 Å². The molecule has 0 saturated carbocycles. The largest absolute Gasteiger partial charge is 0.454 e. The zero-order chi connectivity index (χ0) is 19.1. The van der Waals surface area contributed by atoms with Crippen LogP contribution in [0.15, 0.2) is 36.7 Å². The number of rotatable bonds is 3. The second-order valence-corrected chi connectivity index (χ2v) is 3.62. The van der Waals surface area contributed by atoms with E-state index in [1.54, 1.807) is 19.2 Å². The van der Waals surface area contributed by atoms with E-state index in [1.165, 1.54) is 18.3 Å². The van der Waals surface area contributed by atoms with Gasteiger partial charge in [-0.15, -0.1) is 0 Å². The van der Waals surface area contributed by atoms with Crippen LogP contribution < -0.4 is 4.74 Å². The lowest BCUT2D eigenvalue weighted by Gasteiger charge is -2.08. The first-order valence-electron chi connectivity index (χ1n) is 8.10. The second-order valence-electron chi connectivity index (χ2n) is 3.62. The number of hydrogen-bond donors (Lipinski definition) is 0. The van der Waals surface area contributed by atoms with Crippen LogP contribution in [-0.4, -0.2) is 9.91 Å². The smallest absolute Gasteiger partial charge is 0.272 e. The molecule has 2 aromatic rings. The molecule has 0 aliphatic heterocycles. The Hall–Kier alpha value is -2.50. The molecule has 0 spiro atoms. The summed E-state index contributed by atoms with van der Waals surface area (Å²) >= 11 is 0. The number of nitrogens with zero attached hydrogens (tertiary/aromatic N) is 2. The van der Waals surface area contributed by atoms with Gasteiger partial charge in [0.1, 0.15) is 5.75 Å². The van der Waals surface area contributed by atoms with Crippen LogP contribution in [0.1, 0.15) is 47.1 Å². The lowest BCUT2D eigenvalue weighted by molar-refractivity contribution is -0.385. The van der Waals surface area contributed by atoms with Crippen LogP contribution in [0.25, 0.3) is 0 Å². The van der Waals surface area contributed by atoms with Crippen molar-refractivity contribution in [3.8, 4) is 11.5 Å². The highest BCUT2D eigenvalue weighted by molar-refractivity contribution is 5.41. The molecule has 0 unspecified atom stereocenters. The molecule has 1 heterocycles. The Kier molecular flexibility index (Phi) is 14.0. The molecule has 5 nitrogen and oxygen atoms in total. The monoisotopic (exact) mass is 338 g/mol. The predicted octanol–water partition coefficient (Wildman–Crippen LogP) is 6.31. The molecule has 0 radical (unpaired) electrons. The van der Waals surface area contributed by atoms with E-state index in [1.807, 2.05) is 41.5 Å². The first-order valence-corrected chi connectivity index (χ1v) is 8.10. The summed E-state index contributed by atoms with van der Waals surface area (Å²) in [5, 5.41) is 10.5. The molecule has 0 amide bonds. The third-order valence-corrected chi connectivity index (χ3v) is 2.32. The minimum absolute atomic E-state index is 0.0603. The van der Waals surface area contributed by atoms with Crippen molar-refractivity contribution in [3.05, 3.63) is 58.2 Å². The van der Waals surface area contributed by atoms with Gasteiger partial charge in [0.25, 0.3) is 5.69 Å². The van der Waals surface area contributed by atoms with E-state index >= 15 is 0 Å². The van der Waals surface area contributed by atoms with Gasteiger partial charge >= 0.3 is 0 Å². The highest BCUT2D eigenvalue weighted by Gasteiger charge is 2.12. The molecular weight excluding hydrogens is 311 g/mol. The second kappa shape index (κ2) is 14.1. The van der Waals surface area contributed by atoms with E-state index in [0.717, 1.165) is 11.6 Å². The Balaban J connectivity index is 0. The Morgan fingerprint density at radius 3 is 2.08 bits per heavy atom. The summed E-state index contributed by atoms with van der Waals surface area (Å²) in [6, 6.07) is 4.84. The molecule has 2 rings (SSSR count). The number of nitro groups is 1. The van der Waals surface area contributed by atoms with E-state index < -0.39 is 10.7 Å². The number of hydrogen-bond acceptors (Lipinski definition) is 4. The minimum Gasteiger partial charge on any atom is -0.454 e. The van der Waals surface area contributed by atoms with Crippen LogP contribution in [0.2, 0.25) is 0 Å². The number of pyridine rings is 1. The summed E-state index contributed by atoms with van der Waals surface area (Å²) in [4.78, 5) is 13.7. The van der Waals surface area contributed by atoms with Crippen LogP contribution >= 0.6 is 0 Å². The van der Waals surface area contributed by atoms with Crippen molar-refractivity contribution >= 4 is 5.69 Å². The van der Waals surface area contributed by atoms with Gasteiger partial charge in [-0.3, -0.25) is 15.1 Å². The summed E-state index contributed by atoms with van der Waals surface area (Å²) < 4.78 is 18.9. The molecule has 6 heteroatoms. The number of aromatic nitrogens is 1. The number of nitro benzene ring substituents is 1. The molecule has 0 fully saturated rings. The van der Waals surface area contributed by atoms with Gasteiger partial charge in [0.15, 0.2) is 11.6 Å². The fourth-order valence-corrected chi connectivity index (χ4v) is 1.38. The summed E-state index contributed by atoms with van der Waals surface area (Å²) in [5.41, 5.74) is 0.432. The molecule has 0 aliphatic carbocycles. The number of benzene rings is 1. The third kappa shape index (κ3) is 7.67. The Labute approximate surface area is 143 Å². The van der Waals surface area contributed by atoms with Crippen LogP contribution in [0.5, 0.6) is 11.5 Å². The van der Waals surface area contributed by atoms with E-state index in [2.05, 4.69) is 4.98 Å².